The van der Waals surface area contributed by atoms with Gasteiger partial charge in [0.15, 0.2) is 0 Å². The molecule has 1 atom stereocenters. The lowest BCUT2D eigenvalue weighted by molar-refractivity contribution is -0.384. The number of hydrogen-bond acceptors (Lipinski definition) is 5. The van der Waals surface area contributed by atoms with E-state index in [-0.39, 0.29) is 18.3 Å². The fraction of sp³-hybridized carbons (Fsp3) is 0.533. The van der Waals surface area contributed by atoms with E-state index >= 15 is 0 Å². The van der Waals surface area contributed by atoms with Crippen molar-refractivity contribution in [3.63, 3.8) is 0 Å². The zero-order chi connectivity index (χ0) is 16.5. The molecule has 0 radical (unpaired) electrons. The predicted octanol–water partition coefficient (Wildman–Crippen LogP) is 2.04. The molecule has 1 aromatic rings. The van der Waals surface area contributed by atoms with Crippen LogP contribution in [0.5, 0.6) is 0 Å². The van der Waals surface area contributed by atoms with Crippen molar-refractivity contribution in [1.82, 2.24) is 10.2 Å². The van der Waals surface area contributed by atoms with Gasteiger partial charge in [0.1, 0.15) is 0 Å². The molecule has 1 unspecified atom stereocenters. The maximum absolute atomic E-state index is 10.7. The molecule has 122 valence electrons. The van der Waals surface area contributed by atoms with Crippen LogP contribution in [-0.4, -0.2) is 47.1 Å². The van der Waals surface area contributed by atoms with Gasteiger partial charge in [0.2, 0.25) is 0 Å². The lowest BCUT2D eigenvalue weighted by Crippen LogP contribution is -2.36. The van der Waals surface area contributed by atoms with E-state index in [1.165, 1.54) is 12.1 Å². The van der Waals surface area contributed by atoms with Crippen LogP contribution < -0.4 is 5.32 Å². The van der Waals surface area contributed by atoms with E-state index in [9.17, 15) is 14.9 Å². The van der Waals surface area contributed by atoms with Gasteiger partial charge in [0.25, 0.3) is 5.69 Å². The molecule has 22 heavy (non-hydrogen) atoms. The standard InChI is InChI=1S/C15H23N3O4/c1-3-9-17(10-8-16-11-15(19)20)12(2)13-4-6-14(7-5-13)18(21)22/h4-7,12,16H,3,8-11H2,1-2H3,(H,19,20). The highest BCUT2D eigenvalue weighted by atomic mass is 16.6. The highest BCUT2D eigenvalue weighted by Gasteiger charge is 2.16. The van der Waals surface area contributed by atoms with Crippen molar-refractivity contribution >= 4 is 11.7 Å². The van der Waals surface area contributed by atoms with Crippen molar-refractivity contribution in [2.75, 3.05) is 26.2 Å². The quantitative estimate of drug-likeness (QED) is 0.390. The molecule has 7 heteroatoms. The number of nitro benzene ring substituents is 1. The topological polar surface area (TPSA) is 95.7 Å². The summed E-state index contributed by atoms with van der Waals surface area (Å²) >= 11 is 0. The predicted molar refractivity (Wildman–Crippen MR) is 83.9 cm³/mol. The van der Waals surface area contributed by atoms with Crippen LogP contribution in [-0.2, 0) is 4.79 Å². The van der Waals surface area contributed by atoms with Gasteiger partial charge in [-0.2, -0.15) is 0 Å². The van der Waals surface area contributed by atoms with E-state index in [4.69, 9.17) is 5.11 Å². The van der Waals surface area contributed by atoms with Gasteiger partial charge in [-0.25, -0.2) is 0 Å². The fourth-order valence-corrected chi connectivity index (χ4v) is 2.29. The molecule has 1 aromatic carbocycles. The number of rotatable bonds is 10. The van der Waals surface area contributed by atoms with Gasteiger partial charge < -0.3 is 10.4 Å². The Balaban J connectivity index is 2.64. The molecule has 0 fully saturated rings. The summed E-state index contributed by atoms with van der Waals surface area (Å²) in [5.74, 6) is -0.870. The number of benzene rings is 1. The van der Waals surface area contributed by atoms with Gasteiger partial charge in [-0.05, 0) is 25.5 Å². The van der Waals surface area contributed by atoms with E-state index in [1.807, 2.05) is 6.92 Å². The molecular weight excluding hydrogens is 286 g/mol. The summed E-state index contributed by atoms with van der Waals surface area (Å²) in [5.41, 5.74) is 1.10. The van der Waals surface area contributed by atoms with E-state index in [0.717, 1.165) is 25.1 Å². The zero-order valence-electron chi connectivity index (χ0n) is 13.0. The second-order valence-electron chi connectivity index (χ2n) is 5.13. The van der Waals surface area contributed by atoms with Crippen LogP contribution >= 0.6 is 0 Å². The summed E-state index contributed by atoms with van der Waals surface area (Å²) in [6.45, 7) is 6.27. The van der Waals surface area contributed by atoms with Crippen LogP contribution in [0, 0.1) is 10.1 Å². The largest absolute Gasteiger partial charge is 0.480 e. The van der Waals surface area contributed by atoms with E-state index < -0.39 is 10.9 Å². The number of non-ortho nitro benzene ring substituents is 1. The molecule has 0 aromatic heterocycles. The van der Waals surface area contributed by atoms with Crippen molar-refractivity contribution in [3.05, 3.63) is 39.9 Å². The normalized spacial score (nSPS) is 12.3. The minimum Gasteiger partial charge on any atom is -0.480 e. The number of nitro groups is 1. The minimum atomic E-state index is -0.870. The number of carboxylic acids is 1. The van der Waals surface area contributed by atoms with E-state index in [0.29, 0.717) is 6.54 Å². The van der Waals surface area contributed by atoms with Crippen molar-refractivity contribution in [1.29, 1.82) is 0 Å². The van der Waals surface area contributed by atoms with Crippen LogP contribution in [0.15, 0.2) is 24.3 Å². The molecule has 2 N–H and O–H groups in total. The Morgan fingerprint density at radius 1 is 1.36 bits per heavy atom. The van der Waals surface area contributed by atoms with Crippen molar-refractivity contribution in [3.8, 4) is 0 Å². The third-order valence-electron chi connectivity index (χ3n) is 3.50. The first-order valence-electron chi connectivity index (χ1n) is 7.36. The van der Waals surface area contributed by atoms with Gasteiger partial charge in [0, 0.05) is 31.3 Å². The minimum absolute atomic E-state index is 0.0497. The molecule has 0 aliphatic rings. The number of nitrogens with one attached hydrogen (secondary N) is 1. The smallest absolute Gasteiger partial charge is 0.317 e. The Morgan fingerprint density at radius 2 is 2.00 bits per heavy atom. The second-order valence-corrected chi connectivity index (χ2v) is 5.13. The lowest BCUT2D eigenvalue weighted by Gasteiger charge is -2.29. The average molecular weight is 309 g/mol. The summed E-state index contributed by atoms with van der Waals surface area (Å²) in [6, 6.07) is 6.69. The summed E-state index contributed by atoms with van der Waals surface area (Å²) in [4.78, 5) is 23.0. The molecule has 0 bridgehead atoms. The Bertz CT molecular complexity index is 490. The summed E-state index contributed by atoms with van der Waals surface area (Å²) in [7, 11) is 0. The molecular formula is C15H23N3O4. The first-order chi connectivity index (χ1) is 10.5. The van der Waals surface area contributed by atoms with Gasteiger partial charge in [-0.3, -0.25) is 19.8 Å². The maximum Gasteiger partial charge on any atom is 0.317 e. The highest BCUT2D eigenvalue weighted by Crippen LogP contribution is 2.22. The van der Waals surface area contributed by atoms with Crippen LogP contribution in [0.4, 0.5) is 5.69 Å². The maximum atomic E-state index is 10.7. The third-order valence-corrected chi connectivity index (χ3v) is 3.50. The molecule has 0 aliphatic heterocycles. The van der Waals surface area contributed by atoms with Gasteiger partial charge in [-0.15, -0.1) is 0 Å². The summed E-state index contributed by atoms with van der Waals surface area (Å²) in [6.07, 6.45) is 0.982. The number of aliphatic carboxylic acids is 1. The second kappa shape index (κ2) is 9.11. The zero-order valence-corrected chi connectivity index (χ0v) is 13.0. The van der Waals surface area contributed by atoms with Gasteiger partial charge in [0.05, 0.1) is 11.5 Å². The lowest BCUT2D eigenvalue weighted by atomic mass is 10.1. The molecule has 0 heterocycles. The first kappa shape index (κ1) is 18.1. The highest BCUT2D eigenvalue weighted by molar-refractivity contribution is 5.68. The third kappa shape index (κ3) is 5.79. The average Bonchev–Trinajstić information content (AvgIpc) is 2.49. The van der Waals surface area contributed by atoms with Crippen molar-refractivity contribution < 1.29 is 14.8 Å². The van der Waals surface area contributed by atoms with Gasteiger partial charge >= 0.3 is 5.97 Å². The van der Waals surface area contributed by atoms with Crippen LogP contribution in [0.1, 0.15) is 31.9 Å². The SMILES string of the molecule is CCCN(CCNCC(=O)O)C(C)c1ccc([N+](=O)[O-])cc1. The van der Waals surface area contributed by atoms with Crippen LogP contribution in [0.2, 0.25) is 0 Å². The fourth-order valence-electron chi connectivity index (χ4n) is 2.29. The monoisotopic (exact) mass is 309 g/mol. The molecule has 1 rings (SSSR count). The van der Waals surface area contributed by atoms with E-state index in [1.54, 1.807) is 12.1 Å². The van der Waals surface area contributed by atoms with Crippen LogP contribution in [0.3, 0.4) is 0 Å². The molecule has 7 nitrogen and oxygen atoms in total. The van der Waals surface area contributed by atoms with Crippen molar-refractivity contribution in [2.24, 2.45) is 0 Å². The first-order valence-corrected chi connectivity index (χ1v) is 7.36. The number of hydrogen-bond donors (Lipinski definition) is 2. The molecule has 0 saturated carbocycles. The van der Waals surface area contributed by atoms with E-state index in [2.05, 4.69) is 17.1 Å². The Labute approximate surface area is 130 Å². The number of nitrogens with zero attached hydrogens (tertiary/aromatic N) is 2. The molecule has 0 amide bonds. The number of carboxylic acid groups (broad SMARTS) is 1. The summed E-state index contributed by atoms with van der Waals surface area (Å²) in [5, 5.41) is 22.2. The number of carbonyl (C=O) groups is 1. The molecule has 0 spiro atoms. The summed E-state index contributed by atoms with van der Waals surface area (Å²) < 4.78 is 0. The molecule has 0 saturated heterocycles. The molecule has 0 aliphatic carbocycles. The van der Waals surface area contributed by atoms with Crippen molar-refractivity contribution in [2.45, 2.75) is 26.3 Å². The Morgan fingerprint density at radius 3 is 2.50 bits per heavy atom. The Kier molecular flexibility index (Phi) is 7.48. The Hall–Kier alpha value is -1.99. The van der Waals surface area contributed by atoms with Crippen LogP contribution in [0.25, 0.3) is 0 Å². The van der Waals surface area contributed by atoms with Gasteiger partial charge in [-0.1, -0.05) is 19.1 Å².